The standard InChI is InChI=1S/C18H42N2.4BrH/c1-19(2,3)17-15-13-11-9-7-8-10-12-14-16-18-20(4,5)6;;;;/h7-18H2,1-6H3;4*1H/q+2;;;;. The first-order valence-corrected chi connectivity index (χ1v) is 8.82. The van der Waals surface area contributed by atoms with Crippen molar-refractivity contribution in [1.29, 1.82) is 0 Å². The molecule has 0 aromatic rings. The molecular formula is C18H46Br4N2+2. The highest BCUT2D eigenvalue weighted by molar-refractivity contribution is 8.93. The van der Waals surface area contributed by atoms with Gasteiger partial charge in [0.2, 0.25) is 0 Å². The van der Waals surface area contributed by atoms with Crippen LogP contribution in [0.25, 0.3) is 0 Å². The van der Waals surface area contributed by atoms with Crippen molar-refractivity contribution in [2.75, 3.05) is 55.4 Å². The van der Waals surface area contributed by atoms with Gasteiger partial charge in [0.15, 0.2) is 0 Å². The van der Waals surface area contributed by atoms with Gasteiger partial charge in [-0.3, -0.25) is 0 Å². The van der Waals surface area contributed by atoms with E-state index < -0.39 is 0 Å². The Kier molecular flexibility index (Phi) is 32.3. The smallest absolute Gasteiger partial charge is 0.0780 e. The summed E-state index contributed by atoms with van der Waals surface area (Å²) in [6.07, 6.45) is 14.4. The Morgan fingerprint density at radius 1 is 0.333 bits per heavy atom. The van der Waals surface area contributed by atoms with Gasteiger partial charge in [0, 0.05) is 0 Å². The summed E-state index contributed by atoms with van der Waals surface area (Å²) in [5.41, 5.74) is 0. The van der Waals surface area contributed by atoms with E-state index in [1.807, 2.05) is 0 Å². The van der Waals surface area contributed by atoms with E-state index in [1.165, 1.54) is 77.3 Å². The lowest BCUT2D eigenvalue weighted by molar-refractivity contribution is -0.870. The van der Waals surface area contributed by atoms with Crippen molar-refractivity contribution in [3.05, 3.63) is 0 Å². The number of quaternary nitrogens is 2. The lowest BCUT2D eigenvalue weighted by Crippen LogP contribution is -2.35. The minimum atomic E-state index is 0. The molecule has 0 aromatic heterocycles. The maximum Gasteiger partial charge on any atom is 0.0780 e. The van der Waals surface area contributed by atoms with E-state index in [9.17, 15) is 0 Å². The average molecular weight is 610 g/mol. The summed E-state index contributed by atoms with van der Waals surface area (Å²) >= 11 is 0. The van der Waals surface area contributed by atoms with Crippen molar-refractivity contribution in [3.8, 4) is 0 Å². The SMILES string of the molecule is Br.Br.Br.Br.C[N+](C)(C)CCCCCCCCCCCC[N+](C)(C)C. The first-order chi connectivity index (χ1) is 9.21. The van der Waals surface area contributed by atoms with Crippen LogP contribution in [-0.4, -0.2) is 64.3 Å². The number of rotatable bonds is 13. The fourth-order valence-corrected chi connectivity index (χ4v) is 2.59. The largest absolute Gasteiger partial charge is 0.331 e. The third-order valence-electron chi connectivity index (χ3n) is 3.91. The summed E-state index contributed by atoms with van der Waals surface area (Å²) in [6.45, 7) is 2.65. The predicted octanol–water partition coefficient (Wildman–Crippen LogP) is 6.61. The van der Waals surface area contributed by atoms with Crippen LogP contribution < -0.4 is 0 Å². The molecule has 6 heteroatoms. The predicted molar refractivity (Wildman–Crippen MR) is 133 cm³/mol. The molecule has 0 saturated carbocycles. The fraction of sp³-hybridized carbons (Fsp3) is 1.00. The average Bonchev–Trinajstić information content (AvgIpc) is 2.27. The molecule has 0 heterocycles. The van der Waals surface area contributed by atoms with Gasteiger partial charge >= 0.3 is 0 Å². The van der Waals surface area contributed by atoms with E-state index >= 15 is 0 Å². The van der Waals surface area contributed by atoms with E-state index in [4.69, 9.17) is 0 Å². The highest BCUT2D eigenvalue weighted by atomic mass is 79.9. The van der Waals surface area contributed by atoms with Crippen molar-refractivity contribution in [2.45, 2.75) is 64.2 Å². The second-order valence-corrected chi connectivity index (χ2v) is 8.56. The minimum Gasteiger partial charge on any atom is -0.331 e. The van der Waals surface area contributed by atoms with E-state index in [0.29, 0.717) is 0 Å². The van der Waals surface area contributed by atoms with E-state index in [1.54, 1.807) is 0 Å². The van der Waals surface area contributed by atoms with Crippen LogP contribution in [0.5, 0.6) is 0 Å². The van der Waals surface area contributed by atoms with Gasteiger partial charge in [-0.05, 0) is 25.7 Å². The third kappa shape index (κ3) is 35.0. The molecule has 24 heavy (non-hydrogen) atoms. The van der Waals surface area contributed by atoms with Crippen LogP contribution in [0, 0.1) is 0 Å². The highest BCUT2D eigenvalue weighted by Crippen LogP contribution is 2.11. The summed E-state index contributed by atoms with van der Waals surface area (Å²) in [4.78, 5) is 0. The van der Waals surface area contributed by atoms with Crippen LogP contribution in [0.1, 0.15) is 64.2 Å². The summed E-state index contributed by atoms with van der Waals surface area (Å²) in [7, 11) is 13.7. The summed E-state index contributed by atoms with van der Waals surface area (Å²) in [5.74, 6) is 0. The molecule has 154 valence electrons. The number of hydrogen-bond acceptors (Lipinski definition) is 0. The lowest BCUT2D eigenvalue weighted by atomic mass is 10.1. The number of halogens is 4. The van der Waals surface area contributed by atoms with Crippen molar-refractivity contribution in [2.24, 2.45) is 0 Å². The van der Waals surface area contributed by atoms with Gasteiger partial charge in [-0.1, -0.05) is 38.5 Å². The molecule has 0 amide bonds. The summed E-state index contributed by atoms with van der Waals surface area (Å²) < 4.78 is 2.24. The molecule has 0 N–H and O–H groups in total. The molecule has 0 radical (unpaired) electrons. The van der Waals surface area contributed by atoms with Gasteiger partial charge in [0.25, 0.3) is 0 Å². The number of nitrogens with zero attached hydrogens (tertiary/aromatic N) is 2. The van der Waals surface area contributed by atoms with E-state index in [-0.39, 0.29) is 67.9 Å². The van der Waals surface area contributed by atoms with Crippen LogP contribution in [0.15, 0.2) is 0 Å². The zero-order valence-corrected chi connectivity index (χ0v) is 23.9. The quantitative estimate of drug-likeness (QED) is 0.163. The van der Waals surface area contributed by atoms with Gasteiger partial charge in [0.05, 0.1) is 55.4 Å². The molecule has 0 saturated heterocycles. The van der Waals surface area contributed by atoms with Crippen molar-refractivity contribution >= 4 is 67.9 Å². The Bertz CT molecular complexity index is 202. The van der Waals surface area contributed by atoms with Crippen LogP contribution in [0.4, 0.5) is 0 Å². The Labute approximate surface area is 195 Å². The lowest BCUT2D eigenvalue weighted by Gasteiger charge is -2.23. The van der Waals surface area contributed by atoms with E-state index in [2.05, 4.69) is 42.3 Å². The Morgan fingerprint density at radius 2 is 0.500 bits per heavy atom. The molecule has 0 aliphatic rings. The minimum absolute atomic E-state index is 0. The molecule has 2 nitrogen and oxygen atoms in total. The van der Waals surface area contributed by atoms with Gasteiger partial charge in [-0.15, -0.1) is 67.9 Å². The second-order valence-electron chi connectivity index (χ2n) is 8.56. The highest BCUT2D eigenvalue weighted by Gasteiger charge is 2.06. The van der Waals surface area contributed by atoms with Crippen molar-refractivity contribution in [3.63, 3.8) is 0 Å². The molecule has 0 aliphatic carbocycles. The normalized spacial score (nSPS) is 10.8. The van der Waals surface area contributed by atoms with E-state index in [0.717, 1.165) is 8.97 Å². The zero-order valence-electron chi connectivity index (χ0n) is 17.0. The first kappa shape index (κ1) is 36.7. The fourth-order valence-electron chi connectivity index (χ4n) is 2.59. The monoisotopic (exact) mass is 606 g/mol. The molecule has 0 spiro atoms. The molecule has 0 aromatic carbocycles. The van der Waals surface area contributed by atoms with Crippen LogP contribution in [0.2, 0.25) is 0 Å². The molecule has 0 fully saturated rings. The van der Waals surface area contributed by atoms with Crippen molar-refractivity contribution < 1.29 is 8.97 Å². The number of unbranched alkanes of at least 4 members (excludes halogenated alkanes) is 9. The Balaban J connectivity index is -0.000000301. The molecule has 0 atom stereocenters. The maximum atomic E-state index is 2.29. The molecule has 0 unspecified atom stereocenters. The van der Waals surface area contributed by atoms with Crippen molar-refractivity contribution in [1.82, 2.24) is 0 Å². The first-order valence-electron chi connectivity index (χ1n) is 8.82. The van der Waals surface area contributed by atoms with Crippen LogP contribution in [0.3, 0.4) is 0 Å². The molecular weight excluding hydrogens is 564 g/mol. The van der Waals surface area contributed by atoms with Gasteiger partial charge in [-0.2, -0.15) is 0 Å². The zero-order chi connectivity index (χ0) is 15.5. The van der Waals surface area contributed by atoms with Gasteiger partial charge < -0.3 is 8.97 Å². The Hall–Kier alpha value is 1.84. The van der Waals surface area contributed by atoms with Gasteiger partial charge in [-0.25, -0.2) is 0 Å². The van der Waals surface area contributed by atoms with Gasteiger partial charge in [0.1, 0.15) is 0 Å². The second kappa shape index (κ2) is 21.1. The number of hydrogen-bond donors (Lipinski definition) is 0. The Morgan fingerprint density at radius 3 is 0.667 bits per heavy atom. The molecule has 0 bridgehead atoms. The maximum absolute atomic E-state index is 2.29. The summed E-state index contributed by atoms with van der Waals surface area (Å²) in [6, 6.07) is 0. The molecule has 0 aliphatic heterocycles. The topological polar surface area (TPSA) is 0 Å². The van der Waals surface area contributed by atoms with Crippen LogP contribution >= 0.6 is 67.9 Å². The summed E-state index contributed by atoms with van der Waals surface area (Å²) in [5, 5.41) is 0. The third-order valence-corrected chi connectivity index (χ3v) is 3.91. The molecule has 0 rings (SSSR count). The van der Waals surface area contributed by atoms with Crippen LogP contribution in [-0.2, 0) is 0 Å².